The van der Waals surface area contributed by atoms with E-state index < -0.39 is 0 Å². The third-order valence-electron chi connectivity index (χ3n) is 4.80. The molecule has 4 heteroatoms. The second kappa shape index (κ2) is 6.41. The number of pyridine rings is 1. The van der Waals surface area contributed by atoms with Gasteiger partial charge in [0.2, 0.25) is 5.91 Å². The number of amides is 1. The lowest BCUT2D eigenvalue weighted by Crippen LogP contribution is -2.35. The number of nitrogens with one attached hydrogen (secondary N) is 1. The molecule has 1 aromatic carbocycles. The quantitative estimate of drug-likeness (QED) is 0.944. The number of fused-ring (bicyclic) bond motifs is 1. The predicted octanol–water partition coefficient (Wildman–Crippen LogP) is 2.12. The molecule has 120 valence electrons. The van der Waals surface area contributed by atoms with Gasteiger partial charge < -0.3 is 9.88 Å². The zero-order valence-electron chi connectivity index (χ0n) is 13.6. The molecule has 1 amide bonds. The Kier molecular flexibility index (Phi) is 4.33. The van der Waals surface area contributed by atoms with Gasteiger partial charge in [-0.1, -0.05) is 30.3 Å². The van der Waals surface area contributed by atoms with Crippen molar-refractivity contribution in [3.8, 4) is 0 Å². The Labute approximate surface area is 136 Å². The summed E-state index contributed by atoms with van der Waals surface area (Å²) in [5.74, 6) is 0.0429. The van der Waals surface area contributed by atoms with Crippen LogP contribution in [0, 0.1) is 12.8 Å². The number of rotatable bonds is 3. The standard InChI is InChI=1S/C19H22N2O2/c1-13-7-8-17(19(23)21(13)2)12-20-18(22)16-10-9-14-5-3-4-6-15(14)11-16/h3-8,16H,9-12H2,1-2H3,(H,20,22). The van der Waals surface area contributed by atoms with E-state index >= 15 is 0 Å². The molecule has 1 aromatic heterocycles. The highest BCUT2D eigenvalue weighted by molar-refractivity contribution is 5.79. The van der Waals surface area contributed by atoms with Crippen molar-refractivity contribution in [2.75, 3.05) is 0 Å². The number of aryl methyl sites for hydroxylation is 2. The van der Waals surface area contributed by atoms with Crippen LogP contribution in [0.15, 0.2) is 41.2 Å². The van der Waals surface area contributed by atoms with Crippen molar-refractivity contribution in [3.05, 3.63) is 69.1 Å². The maximum absolute atomic E-state index is 12.4. The second-order valence-electron chi connectivity index (χ2n) is 6.29. The molecule has 1 aliphatic rings. The molecule has 1 N–H and O–H groups in total. The van der Waals surface area contributed by atoms with Crippen LogP contribution in [0.4, 0.5) is 0 Å². The number of carbonyl (C=O) groups excluding carboxylic acids is 1. The first-order valence-corrected chi connectivity index (χ1v) is 8.06. The van der Waals surface area contributed by atoms with E-state index in [0.717, 1.165) is 25.0 Å². The fourth-order valence-corrected chi connectivity index (χ4v) is 3.16. The summed E-state index contributed by atoms with van der Waals surface area (Å²) in [7, 11) is 1.75. The van der Waals surface area contributed by atoms with Gasteiger partial charge in [-0.05, 0) is 43.4 Å². The summed E-state index contributed by atoms with van der Waals surface area (Å²) in [5.41, 5.74) is 4.12. The molecule has 4 nitrogen and oxygen atoms in total. The van der Waals surface area contributed by atoms with Gasteiger partial charge in [-0.25, -0.2) is 0 Å². The second-order valence-corrected chi connectivity index (χ2v) is 6.29. The minimum Gasteiger partial charge on any atom is -0.352 e. The van der Waals surface area contributed by atoms with E-state index in [-0.39, 0.29) is 17.4 Å². The van der Waals surface area contributed by atoms with Crippen LogP contribution < -0.4 is 10.9 Å². The lowest BCUT2D eigenvalue weighted by Gasteiger charge is -2.23. The third-order valence-corrected chi connectivity index (χ3v) is 4.80. The molecule has 1 heterocycles. The SMILES string of the molecule is Cc1ccc(CNC(=O)C2CCc3ccccc3C2)c(=O)n1C. The Morgan fingerprint density at radius 1 is 1.22 bits per heavy atom. The number of benzene rings is 1. The minimum absolute atomic E-state index is 0.000740. The van der Waals surface area contributed by atoms with Gasteiger partial charge >= 0.3 is 0 Å². The summed E-state index contributed by atoms with van der Waals surface area (Å²) >= 11 is 0. The molecular weight excluding hydrogens is 288 g/mol. The van der Waals surface area contributed by atoms with Crippen LogP contribution in [-0.2, 0) is 31.2 Å². The van der Waals surface area contributed by atoms with Crippen LogP contribution in [0.1, 0.15) is 28.8 Å². The van der Waals surface area contributed by atoms with E-state index in [1.54, 1.807) is 17.7 Å². The highest BCUT2D eigenvalue weighted by atomic mass is 16.2. The van der Waals surface area contributed by atoms with Crippen molar-refractivity contribution in [3.63, 3.8) is 0 Å². The van der Waals surface area contributed by atoms with E-state index in [1.807, 2.05) is 25.1 Å². The lowest BCUT2D eigenvalue weighted by molar-refractivity contribution is -0.125. The third kappa shape index (κ3) is 3.21. The number of carbonyl (C=O) groups is 1. The summed E-state index contributed by atoms with van der Waals surface area (Å²) in [6.07, 6.45) is 2.60. The van der Waals surface area contributed by atoms with Gasteiger partial charge in [0.25, 0.3) is 5.56 Å². The molecule has 0 aliphatic heterocycles. The number of hydrogen-bond donors (Lipinski definition) is 1. The smallest absolute Gasteiger partial charge is 0.255 e. The van der Waals surface area contributed by atoms with E-state index in [2.05, 4.69) is 17.4 Å². The molecule has 1 atom stereocenters. The van der Waals surface area contributed by atoms with E-state index in [0.29, 0.717) is 12.1 Å². The Hall–Kier alpha value is -2.36. The average Bonchev–Trinajstić information content (AvgIpc) is 2.58. The van der Waals surface area contributed by atoms with Crippen LogP contribution in [0.2, 0.25) is 0 Å². The highest BCUT2D eigenvalue weighted by Gasteiger charge is 2.24. The Balaban J connectivity index is 1.65. The van der Waals surface area contributed by atoms with Gasteiger partial charge in [-0.15, -0.1) is 0 Å². The van der Waals surface area contributed by atoms with E-state index in [1.165, 1.54) is 11.1 Å². The van der Waals surface area contributed by atoms with Crippen molar-refractivity contribution in [1.29, 1.82) is 0 Å². The normalized spacial score (nSPS) is 16.7. The molecule has 0 radical (unpaired) electrons. The molecule has 0 saturated carbocycles. The summed E-state index contributed by atoms with van der Waals surface area (Å²) in [6, 6.07) is 12.0. The minimum atomic E-state index is -0.0423. The maximum atomic E-state index is 12.4. The Morgan fingerprint density at radius 2 is 1.96 bits per heavy atom. The van der Waals surface area contributed by atoms with Crippen molar-refractivity contribution in [2.45, 2.75) is 32.7 Å². The van der Waals surface area contributed by atoms with Gasteiger partial charge in [0.15, 0.2) is 0 Å². The van der Waals surface area contributed by atoms with Crippen molar-refractivity contribution in [1.82, 2.24) is 9.88 Å². The monoisotopic (exact) mass is 310 g/mol. The Morgan fingerprint density at radius 3 is 2.74 bits per heavy atom. The van der Waals surface area contributed by atoms with Crippen LogP contribution in [0.25, 0.3) is 0 Å². The van der Waals surface area contributed by atoms with Crippen LogP contribution in [-0.4, -0.2) is 10.5 Å². The van der Waals surface area contributed by atoms with Crippen LogP contribution in [0.3, 0.4) is 0 Å². The molecule has 0 spiro atoms. The average molecular weight is 310 g/mol. The molecule has 1 unspecified atom stereocenters. The molecule has 23 heavy (non-hydrogen) atoms. The molecule has 0 bridgehead atoms. The largest absolute Gasteiger partial charge is 0.352 e. The van der Waals surface area contributed by atoms with Gasteiger partial charge in [0, 0.05) is 30.8 Å². The van der Waals surface area contributed by atoms with E-state index in [4.69, 9.17) is 0 Å². The number of hydrogen-bond acceptors (Lipinski definition) is 2. The van der Waals surface area contributed by atoms with Crippen LogP contribution in [0.5, 0.6) is 0 Å². The molecule has 2 aromatic rings. The number of nitrogens with zero attached hydrogens (tertiary/aromatic N) is 1. The van der Waals surface area contributed by atoms with Gasteiger partial charge in [0.1, 0.15) is 0 Å². The van der Waals surface area contributed by atoms with Gasteiger partial charge in [-0.2, -0.15) is 0 Å². The lowest BCUT2D eigenvalue weighted by atomic mass is 9.83. The number of aromatic nitrogens is 1. The molecule has 1 aliphatic carbocycles. The van der Waals surface area contributed by atoms with E-state index in [9.17, 15) is 9.59 Å². The fraction of sp³-hybridized carbons (Fsp3) is 0.368. The summed E-state index contributed by atoms with van der Waals surface area (Å²) in [5, 5.41) is 2.93. The topological polar surface area (TPSA) is 51.1 Å². The maximum Gasteiger partial charge on any atom is 0.255 e. The zero-order valence-corrected chi connectivity index (χ0v) is 13.6. The summed E-state index contributed by atoms with van der Waals surface area (Å²) in [6.45, 7) is 2.19. The van der Waals surface area contributed by atoms with Crippen molar-refractivity contribution >= 4 is 5.91 Å². The first-order valence-electron chi connectivity index (χ1n) is 8.06. The van der Waals surface area contributed by atoms with Crippen molar-refractivity contribution < 1.29 is 4.79 Å². The highest BCUT2D eigenvalue weighted by Crippen LogP contribution is 2.25. The first-order chi connectivity index (χ1) is 11.1. The first kappa shape index (κ1) is 15.5. The van der Waals surface area contributed by atoms with Gasteiger partial charge in [0.05, 0.1) is 0 Å². The predicted molar refractivity (Wildman–Crippen MR) is 90.2 cm³/mol. The van der Waals surface area contributed by atoms with Gasteiger partial charge in [-0.3, -0.25) is 9.59 Å². The molecule has 0 saturated heterocycles. The molecule has 0 fully saturated rings. The van der Waals surface area contributed by atoms with Crippen LogP contribution >= 0.6 is 0 Å². The summed E-state index contributed by atoms with van der Waals surface area (Å²) < 4.78 is 1.61. The molecule has 3 rings (SSSR count). The fourth-order valence-electron chi connectivity index (χ4n) is 3.16. The zero-order chi connectivity index (χ0) is 16.4. The Bertz CT molecular complexity index is 792. The van der Waals surface area contributed by atoms with Crippen molar-refractivity contribution in [2.24, 2.45) is 13.0 Å². The molecular formula is C19H22N2O2. The summed E-state index contributed by atoms with van der Waals surface area (Å²) in [4.78, 5) is 24.6.